The summed E-state index contributed by atoms with van der Waals surface area (Å²) in [6, 6.07) is 5.28. The highest BCUT2D eigenvalue weighted by Gasteiger charge is 2.20. The van der Waals surface area contributed by atoms with Gasteiger partial charge in [-0.25, -0.2) is 4.68 Å². The zero-order valence-corrected chi connectivity index (χ0v) is 10.9. The van der Waals surface area contributed by atoms with E-state index in [1.54, 1.807) is 16.8 Å². The highest BCUT2D eigenvalue weighted by atomic mass is 79.9. The topological polar surface area (TPSA) is 27.1 Å². The molecule has 0 aliphatic carbocycles. The second-order valence-corrected chi connectivity index (χ2v) is 5.01. The van der Waals surface area contributed by atoms with Crippen LogP contribution in [0.4, 0.5) is 0 Å². The summed E-state index contributed by atoms with van der Waals surface area (Å²) in [7, 11) is 0. The molecule has 4 heteroatoms. The lowest BCUT2D eigenvalue weighted by Crippen LogP contribution is -2.19. The monoisotopic (exact) mass is 297 g/mol. The van der Waals surface area contributed by atoms with Gasteiger partial charge in [-0.3, -0.25) is 0 Å². The third-order valence-corrected chi connectivity index (χ3v) is 3.67. The third-order valence-electron chi connectivity index (χ3n) is 3.12. The summed E-state index contributed by atoms with van der Waals surface area (Å²) in [5.41, 5.74) is 1.13. The first-order valence-electron chi connectivity index (χ1n) is 7.27. The van der Waals surface area contributed by atoms with Gasteiger partial charge in [-0.15, -0.1) is 0 Å². The van der Waals surface area contributed by atoms with Crippen molar-refractivity contribution in [3.8, 4) is 0 Å². The molecule has 1 atom stereocenters. The number of fused-ring (bicyclic) bond motifs is 1. The van der Waals surface area contributed by atoms with Gasteiger partial charge in [-0.2, -0.15) is 5.10 Å². The Kier molecular flexibility index (Phi) is 2.15. The van der Waals surface area contributed by atoms with E-state index in [0.29, 0.717) is 15.6 Å². The number of aromatic nitrogens is 2. The third kappa shape index (κ3) is 1.89. The fourth-order valence-electron chi connectivity index (χ4n) is 2.28. The maximum absolute atomic E-state index is 7.65. The van der Waals surface area contributed by atoms with Gasteiger partial charge >= 0.3 is 0 Å². The summed E-state index contributed by atoms with van der Waals surface area (Å²) in [5.74, 6) is 0. The molecule has 1 aliphatic heterocycles. The first-order valence-corrected chi connectivity index (χ1v) is 6.56. The minimum atomic E-state index is -2.15. The van der Waals surface area contributed by atoms with E-state index in [1.807, 2.05) is 6.07 Å². The Morgan fingerprint density at radius 2 is 2.47 bits per heavy atom. The SMILES string of the molecule is [2H]C([2H])([2H])c1cccc2c1c(Br)nn2C1CCCCO1. The van der Waals surface area contributed by atoms with Crippen LogP contribution in [-0.4, -0.2) is 16.4 Å². The molecular weight excluding hydrogens is 280 g/mol. The van der Waals surface area contributed by atoms with Crippen molar-refractivity contribution < 1.29 is 8.85 Å². The van der Waals surface area contributed by atoms with E-state index in [4.69, 9.17) is 8.85 Å². The molecule has 0 saturated carbocycles. The van der Waals surface area contributed by atoms with Gasteiger partial charge in [0.1, 0.15) is 4.60 Å². The molecule has 0 radical (unpaired) electrons. The van der Waals surface area contributed by atoms with E-state index in [2.05, 4.69) is 21.0 Å². The molecule has 0 amide bonds. The van der Waals surface area contributed by atoms with Crippen LogP contribution < -0.4 is 0 Å². The molecule has 1 aliphatic rings. The first-order chi connectivity index (χ1) is 9.48. The van der Waals surface area contributed by atoms with E-state index in [1.165, 1.54) is 0 Å². The second-order valence-electron chi connectivity index (χ2n) is 4.26. The van der Waals surface area contributed by atoms with Gasteiger partial charge in [-0.05, 0) is 53.7 Å². The molecule has 0 N–H and O–H groups in total. The van der Waals surface area contributed by atoms with Crippen LogP contribution in [0.25, 0.3) is 10.9 Å². The molecule has 1 unspecified atom stereocenters. The molecule has 3 nitrogen and oxygen atoms in total. The predicted octanol–water partition coefficient (Wildman–Crippen LogP) is 3.81. The smallest absolute Gasteiger partial charge is 0.150 e. The van der Waals surface area contributed by atoms with Crippen LogP contribution in [0.5, 0.6) is 0 Å². The maximum atomic E-state index is 7.65. The van der Waals surface area contributed by atoms with Gasteiger partial charge in [0.2, 0.25) is 0 Å². The van der Waals surface area contributed by atoms with Crippen LogP contribution in [-0.2, 0) is 4.74 Å². The van der Waals surface area contributed by atoms with Gasteiger partial charge in [0.25, 0.3) is 0 Å². The highest BCUT2D eigenvalue weighted by molar-refractivity contribution is 9.10. The van der Waals surface area contributed by atoms with Crippen molar-refractivity contribution >= 4 is 26.8 Å². The molecule has 90 valence electrons. The Hall–Kier alpha value is -0.870. The average Bonchev–Trinajstić information content (AvgIpc) is 2.76. The van der Waals surface area contributed by atoms with E-state index < -0.39 is 6.85 Å². The lowest BCUT2D eigenvalue weighted by molar-refractivity contribution is -0.0368. The Bertz CT molecular complexity index is 632. The van der Waals surface area contributed by atoms with Crippen molar-refractivity contribution in [2.45, 2.75) is 32.3 Å². The van der Waals surface area contributed by atoms with Crippen LogP contribution in [0, 0.1) is 6.85 Å². The van der Waals surface area contributed by atoms with Crippen molar-refractivity contribution in [2.75, 3.05) is 6.61 Å². The molecule has 1 saturated heterocycles. The van der Waals surface area contributed by atoms with Crippen LogP contribution in [0.3, 0.4) is 0 Å². The maximum Gasteiger partial charge on any atom is 0.150 e. The molecule has 2 aromatic rings. The fraction of sp³-hybridized carbons (Fsp3) is 0.462. The van der Waals surface area contributed by atoms with Gasteiger partial charge in [0, 0.05) is 16.1 Å². The average molecular weight is 298 g/mol. The number of benzene rings is 1. The number of ether oxygens (including phenoxy) is 1. The zero-order chi connectivity index (χ0) is 14.3. The Morgan fingerprint density at radius 3 is 3.24 bits per heavy atom. The largest absolute Gasteiger partial charge is 0.356 e. The summed E-state index contributed by atoms with van der Waals surface area (Å²) in [6.07, 6.45) is 2.96. The van der Waals surface area contributed by atoms with E-state index in [0.717, 1.165) is 31.4 Å². The Morgan fingerprint density at radius 1 is 1.53 bits per heavy atom. The second kappa shape index (κ2) is 4.42. The molecule has 0 bridgehead atoms. The van der Waals surface area contributed by atoms with Crippen LogP contribution in [0.1, 0.15) is 35.2 Å². The van der Waals surface area contributed by atoms with Gasteiger partial charge in [0.15, 0.2) is 6.23 Å². The quantitative estimate of drug-likeness (QED) is 0.800. The van der Waals surface area contributed by atoms with Crippen molar-refractivity contribution in [2.24, 2.45) is 0 Å². The zero-order valence-electron chi connectivity index (χ0n) is 12.3. The molecule has 1 aromatic carbocycles. The highest BCUT2D eigenvalue weighted by Crippen LogP contribution is 2.31. The summed E-state index contributed by atoms with van der Waals surface area (Å²) >= 11 is 3.39. The van der Waals surface area contributed by atoms with E-state index >= 15 is 0 Å². The lowest BCUT2D eigenvalue weighted by atomic mass is 10.1. The minimum absolute atomic E-state index is 0.107. The Labute approximate surface area is 113 Å². The number of hydrogen-bond donors (Lipinski definition) is 0. The standard InChI is InChI=1S/C13H15BrN2O/c1-9-5-4-6-10-12(9)13(14)15-16(10)11-7-2-3-8-17-11/h4-6,11H,2-3,7-8H2,1H3/i1D3. The minimum Gasteiger partial charge on any atom is -0.356 e. The van der Waals surface area contributed by atoms with E-state index in [-0.39, 0.29) is 6.23 Å². The van der Waals surface area contributed by atoms with Crippen LogP contribution in [0.15, 0.2) is 22.8 Å². The van der Waals surface area contributed by atoms with Gasteiger partial charge in [0.05, 0.1) is 5.52 Å². The summed E-state index contributed by atoms with van der Waals surface area (Å²) in [4.78, 5) is 0. The number of rotatable bonds is 1. The van der Waals surface area contributed by atoms with Crippen molar-refractivity contribution in [1.82, 2.24) is 9.78 Å². The summed E-state index contributed by atoms with van der Waals surface area (Å²) in [5, 5.41) is 5.10. The Balaban J connectivity index is 2.16. The van der Waals surface area contributed by atoms with Crippen molar-refractivity contribution in [3.05, 3.63) is 28.4 Å². The van der Waals surface area contributed by atoms with Crippen LogP contribution in [0.2, 0.25) is 0 Å². The van der Waals surface area contributed by atoms with E-state index in [9.17, 15) is 0 Å². The van der Waals surface area contributed by atoms with Gasteiger partial charge < -0.3 is 4.74 Å². The molecule has 1 fully saturated rings. The van der Waals surface area contributed by atoms with Gasteiger partial charge in [-0.1, -0.05) is 12.1 Å². The number of hydrogen-bond acceptors (Lipinski definition) is 2. The molecule has 0 spiro atoms. The number of halogens is 1. The summed E-state index contributed by atoms with van der Waals surface area (Å²) in [6.45, 7) is -1.42. The molecule has 3 rings (SSSR count). The fourth-order valence-corrected chi connectivity index (χ4v) is 2.87. The van der Waals surface area contributed by atoms with Crippen LogP contribution >= 0.6 is 15.9 Å². The molecule has 1 aromatic heterocycles. The number of aryl methyl sites for hydroxylation is 1. The first kappa shape index (κ1) is 8.27. The summed E-state index contributed by atoms with van der Waals surface area (Å²) < 4.78 is 31.1. The normalized spacial score (nSPS) is 24.3. The lowest BCUT2D eigenvalue weighted by Gasteiger charge is -2.23. The molecule has 2 heterocycles. The van der Waals surface area contributed by atoms with Crippen molar-refractivity contribution in [1.29, 1.82) is 0 Å². The molecule has 17 heavy (non-hydrogen) atoms. The predicted molar refractivity (Wildman–Crippen MR) is 71.0 cm³/mol. The van der Waals surface area contributed by atoms with Crippen molar-refractivity contribution in [3.63, 3.8) is 0 Å². The number of nitrogens with zero attached hydrogens (tertiary/aromatic N) is 2. The molecular formula is C13H15BrN2O.